The number of guanidine groups is 1. The van der Waals surface area contributed by atoms with Crippen molar-refractivity contribution < 1.29 is 9.47 Å². The number of methoxy groups -OCH3 is 1. The van der Waals surface area contributed by atoms with Crippen molar-refractivity contribution in [3.8, 4) is 11.5 Å². The summed E-state index contributed by atoms with van der Waals surface area (Å²) in [7, 11) is 3.45. The van der Waals surface area contributed by atoms with Crippen molar-refractivity contribution in [1.82, 2.24) is 10.6 Å². The summed E-state index contributed by atoms with van der Waals surface area (Å²) >= 11 is 0. The molecule has 0 unspecified atom stereocenters. The van der Waals surface area contributed by atoms with Gasteiger partial charge in [-0.05, 0) is 58.2 Å². The van der Waals surface area contributed by atoms with E-state index in [4.69, 9.17) is 9.47 Å². The first kappa shape index (κ1) is 19.1. The van der Waals surface area contributed by atoms with Crippen LogP contribution in [0.25, 0.3) is 0 Å². The standard InChI is InChI=1S/C18H31N3O2/c1-7-23-16-13-14(10-11-15(16)22-6)9-8-12-20-17(19-5)21-18(2,3)4/h10-11,13H,7-9,12H2,1-6H3,(H2,19,20,21). The van der Waals surface area contributed by atoms with Crippen molar-refractivity contribution in [2.24, 2.45) is 4.99 Å². The molecule has 1 aromatic rings. The minimum absolute atomic E-state index is 0.00419. The SMILES string of the molecule is CCOc1cc(CCCNC(=NC)NC(C)(C)C)ccc1OC. The molecule has 130 valence electrons. The molecular formula is C18H31N3O2. The van der Waals surface area contributed by atoms with E-state index in [1.165, 1.54) is 5.56 Å². The van der Waals surface area contributed by atoms with Crippen LogP contribution in [0.4, 0.5) is 0 Å². The van der Waals surface area contributed by atoms with Crippen molar-refractivity contribution in [3.63, 3.8) is 0 Å². The van der Waals surface area contributed by atoms with Crippen molar-refractivity contribution in [3.05, 3.63) is 23.8 Å². The minimum Gasteiger partial charge on any atom is -0.493 e. The molecule has 0 atom stereocenters. The third kappa shape index (κ3) is 7.26. The van der Waals surface area contributed by atoms with Crippen LogP contribution >= 0.6 is 0 Å². The molecule has 0 spiro atoms. The summed E-state index contributed by atoms with van der Waals surface area (Å²) in [5.41, 5.74) is 1.25. The first-order chi connectivity index (χ1) is 10.9. The first-order valence-corrected chi connectivity index (χ1v) is 8.18. The van der Waals surface area contributed by atoms with Crippen LogP contribution in [0.1, 0.15) is 39.7 Å². The molecule has 0 saturated heterocycles. The number of aryl methyl sites for hydroxylation is 1. The third-order valence-electron chi connectivity index (χ3n) is 3.18. The molecule has 0 radical (unpaired) electrons. The lowest BCUT2D eigenvalue weighted by Crippen LogP contribution is -2.47. The van der Waals surface area contributed by atoms with Gasteiger partial charge in [0, 0.05) is 19.1 Å². The van der Waals surface area contributed by atoms with Gasteiger partial charge in [-0.15, -0.1) is 0 Å². The van der Waals surface area contributed by atoms with Gasteiger partial charge in [-0.3, -0.25) is 4.99 Å². The number of rotatable bonds is 7. The van der Waals surface area contributed by atoms with Crippen LogP contribution < -0.4 is 20.1 Å². The van der Waals surface area contributed by atoms with E-state index in [9.17, 15) is 0 Å². The molecule has 0 aliphatic carbocycles. The second-order valence-electron chi connectivity index (χ2n) is 6.40. The second kappa shape index (κ2) is 9.28. The monoisotopic (exact) mass is 321 g/mol. The highest BCUT2D eigenvalue weighted by Crippen LogP contribution is 2.28. The maximum absolute atomic E-state index is 5.62. The van der Waals surface area contributed by atoms with Crippen molar-refractivity contribution in [1.29, 1.82) is 0 Å². The van der Waals surface area contributed by atoms with Crippen LogP contribution in [-0.4, -0.2) is 38.8 Å². The molecule has 0 bridgehead atoms. The molecule has 23 heavy (non-hydrogen) atoms. The molecule has 0 aromatic heterocycles. The lowest BCUT2D eigenvalue weighted by atomic mass is 10.1. The van der Waals surface area contributed by atoms with Gasteiger partial charge in [0.05, 0.1) is 13.7 Å². The van der Waals surface area contributed by atoms with E-state index in [0.717, 1.165) is 36.8 Å². The van der Waals surface area contributed by atoms with E-state index in [1.54, 1.807) is 14.2 Å². The highest BCUT2D eigenvalue weighted by molar-refractivity contribution is 5.80. The molecule has 0 fully saturated rings. The second-order valence-corrected chi connectivity index (χ2v) is 6.40. The Balaban J connectivity index is 2.48. The number of nitrogens with zero attached hydrogens (tertiary/aromatic N) is 1. The van der Waals surface area contributed by atoms with Crippen molar-refractivity contribution in [2.75, 3.05) is 27.3 Å². The lowest BCUT2D eigenvalue weighted by molar-refractivity contribution is 0.310. The molecule has 0 saturated carbocycles. The largest absolute Gasteiger partial charge is 0.493 e. The normalized spacial score (nSPS) is 12.0. The summed E-state index contributed by atoms with van der Waals surface area (Å²) in [6, 6.07) is 6.11. The van der Waals surface area contributed by atoms with Crippen molar-refractivity contribution >= 4 is 5.96 Å². The summed E-state index contributed by atoms with van der Waals surface area (Å²) in [6.07, 6.45) is 1.99. The summed E-state index contributed by atoms with van der Waals surface area (Å²) in [6.45, 7) is 9.83. The average molecular weight is 321 g/mol. The summed E-state index contributed by atoms with van der Waals surface area (Å²) in [5.74, 6) is 2.43. The number of ether oxygens (including phenoxy) is 2. The Morgan fingerprint density at radius 1 is 1.22 bits per heavy atom. The fraction of sp³-hybridized carbons (Fsp3) is 0.611. The smallest absolute Gasteiger partial charge is 0.191 e. The van der Waals surface area contributed by atoms with Gasteiger partial charge in [-0.25, -0.2) is 0 Å². The molecule has 0 heterocycles. The van der Waals surface area contributed by atoms with Gasteiger partial charge in [0.15, 0.2) is 17.5 Å². The molecule has 0 amide bonds. The Bertz CT molecular complexity index is 507. The van der Waals surface area contributed by atoms with Gasteiger partial charge >= 0.3 is 0 Å². The zero-order chi connectivity index (χ0) is 17.3. The van der Waals surface area contributed by atoms with Crippen LogP contribution in [0.15, 0.2) is 23.2 Å². The zero-order valence-electron chi connectivity index (χ0n) is 15.3. The Morgan fingerprint density at radius 2 is 1.96 bits per heavy atom. The molecule has 5 nitrogen and oxygen atoms in total. The fourth-order valence-corrected chi connectivity index (χ4v) is 2.18. The maximum Gasteiger partial charge on any atom is 0.191 e. The Hall–Kier alpha value is -1.91. The van der Waals surface area contributed by atoms with Crippen LogP contribution in [0, 0.1) is 0 Å². The fourth-order valence-electron chi connectivity index (χ4n) is 2.18. The molecule has 0 aliphatic rings. The Kier molecular flexibility index (Phi) is 7.72. The Morgan fingerprint density at radius 3 is 2.52 bits per heavy atom. The highest BCUT2D eigenvalue weighted by atomic mass is 16.5. The van der Waals surface area contributed by atoms with Crippen LogP contribution in [0.3, 0.4) is 0 Å². The van der Waals surface area contributed by atoms with Gasteiger partial charge in [0.1, 0.15) is 0 Å². The predicted molar refractivity (Wildman–Crippen MR) is 96.7 cm³/mol. The molecular weight excluding hydrogens is 290 g/mol. The summed E-state index contributed by atoms with van der Waals surface area (Å²) < 4.78 is 10.9. The van der Waals surface area contributed by atoms with Gasteiger partial charge < -0.3 is 20.1 Å². The lowest BCUT2D eigenvalue weighted by Gasteiger charge is -2.23. The van der Waals surface area contributed by atoms with E-state index < -0.39 is 0 Å². The van der Waals surface area contributed by atoms with E-state index in [1.807, 2.05) is 13.0 Å². The summed E-state index contributed by atoms with van der Waals surface area (Å²) in [4.78, 5) is 4.24. The molecule has 5 heteroatoms. The average Bonchev–Trinajstić information content (AvgIpc) is 2.49. The summed E-state index contributed by atoms with van der Waals surface area (Å²) in [5, 5.41) is 6.69. The van der Waals surface area contributed by atoms with Gasteiger partial charge in [-0.1, -0.05) is 6.07 Å². The molecule has 0 aliphatic heterocycles. The van der Waals surface area contributed by atoms with Crippen molar-refractivity contribution in [2.45, 2.75) is 46.1 Å². The first-order valence-electron chi connectivity index (χ1n) is 8.18. The van der Waals surface area contributed by atoms with Crippen LogP contribution in [-0.2, 0) is 6.42 Å². The number of hydrogen-bond donors (Lipinski definition) is 2. The van der Waals surface area contributed by atoms with E-state index in [-0.39, 0.29) is 5.54 Å². The topological polar surface area (TPSA) is 54.9 Å². The molecule has 2 N–H and O–H groups in total. The van der Waals surface area contributed by atoms with Crippen LogP contribution in [0.2, 0.25) is 0 Å². The van der Waals surface area contributed by atoms with Gasteiger partial charge in [-0.2, -0.15) is 0 Å². The number of hydrogen-bond acceptors (Lipinski definition) is 3. The van der Waals surface area contributed by atoms with E-state index in [0.29, 0.717) is 6.61 Å². The maximum atomic E-state index is 5.62. The minimum atomic E-state index is 0.00419. The third-order valence-corrected chi connectivity index (χ3v) is 3.18. The predicted octanol–water partition coefficient (Wildman–Crippen LogP) is 2.99. The van der Waals surface area contributed by atoms with E-state index in [2.05, 4.69) is 48.5 Å². The zero-order valence-corrected chi connectivity index (χ0v) is 15.3. The Labute approximate surface area is 140 Å². The van der Waals surface area contributed by atoms with Gasteiger partial charge in [0.2, 0.25) is 0 Å². The quantitative estimate of drug-likeness (QED) is 0.460. The van der Waals surface area contributed by atoms with Crippen LogP contribution in [0.5, 0.6) is 11.5 Å². The number of aliphatic imine (C=N–C) groups is 1. The number of nitrogens with one attached hydrogen (secondary N) is 2. The molecule has 1 rings (SSSR count). The highest BCUT2D eigenvalue weighted by Gasteiger charge is 2.11. The van der Waals surface area contributed by atoms with Gasteiger partial charge in [0.25, 0.3) is 0 Å². The number of benzene rings is 1. The molecule has 1 aromatic carbocycles. The van der Waals surface area contributed by atoms with E-state index >= 15 is 0 Å².